The second-order valence-corrected chi connectivity index (χ2v) is 6.47. The molecule has 0 saturated heterocycles. The summed E-state index contributed by atoms with van der Waals surface area (Å²) in [7, 11) is 1.52. The number of anilines is 1. The van der Waals surface area contributed by atoms with E-state index in [9.17, 15) is 9.59 Å². The molecule has 0 aromatic heterocycles. The average molecular weight is 389 g/mol. The second kappa shape index (κ2) is 8.06. The Labute approximate surface area is 168 Å². The molecule has 0 bridgehead atoms. The minimum absolute atomic E-state index is 0.404. The molecule has 29 heavy (non-hydrogen) atoms. The van der Waals surface area contributed by atoms with E-state index in [1.54, 1.807) is 36.4 Å². The van der Waals surface area contributed by atoms with Crippen LogP contribution in [0.25, 0.3) is 0 Å². The van der Waals surface area contributed by atoms with E-state index in [-0.39, 0.29) is 0 Å². The molecule has 1 aliphatic heterocycles. The van der Waals surface area contributed by atoms with Crippen molar-refractivity contribution in [3.8, 4) is 17.2 Å². The molecular formula is C23H19NO5. The Morgan fingerprint density at radius 3 is 2.14 bits per heavy atom. The number of ether oxygens (including phenoxy) is 3. The van der Waals surface area contributed by atoms with Crippen molar-refractivity contribution in [2.75, 3.05) is 19.0 Å². The average Bonchev–Trinajstić information content (AvgIpc) is 2.76. The summed E-state index contributed by atoms with van der Waals surface area (Å²) < 4.78 is 16.5. The molecule has 6 nitrogen and oxygen atoms in total. The first-order chi connectivity index (χ1) is 14.2. The zero-order chi connectivity index (χ0) is 20.2. The highest BCUT2D eigenvalue weighted by Gasteiger charge is 2.33. The molecule has 1 heterocycles. The lowest BCUT2D eigenvalue weighted by molar-refractivity contribution is -0.148. The van der Waals surface area contributed by atoms with Crippen LogP contribution in [0.5, 0.6) is 17.2 Å². The molecule has 0 fully saturated rings. The highest BCUT2D eigenvalue weighted by Crippen LogP contribution is 2.44. The van der Waals surface area contributed by atoms with Crippen molar-refractivity contribution in [1.82, 2.24) is 0 Å². The van der Waals surface area contributed by atoms with Crippen molar-refractivity contribution in [2.24, 2.45) is 0 Å². The van der Waals surface area contributed by atoms with Crippen molar-refractivity contribution < 1.29 is 23.8 Å². The third-order valence-corrected chi connectivity index (χ3v) is 4.64. The summed E-state index contributed by atoms with van der Waals surface area (Å²) in [5.41, 5.74) is 1.93. The number of carbonyl (C=O) groups is 2. The predicted octanol–water partition coefficient (Wildman–Crippen LogP) is 4.11. The molecule has 3 aromatic rings. The first kappa shape index (κ1) is 18.6. The Morgan fingerprint density at radius 2 is 1.48 bits per heavy atom. The fourth-order valence-corrected chi connectivity index (χ4v) is 3.32. The van der Waals surface area contributed by atoms with Crippen LogP contribution in [-0.2, 0) is 14.3 Å². The molecule has 0 unspecified atom stereocenters. The summed E-state index contributed by atoms with van der Waals surface area (Å²) in [6.45, 7) is -0.404. The number of hydrogen-bond donors (Lipinski definition) is 1. The first-order valence-corrected chi connectivity index (χ1v) is 9.12. The third kappa shape index (κ3) is 3.78. The number of benzene rings is 3. The van der Waals surface area contributed by atoms with E-state index in [1.807, 2.05) is 36.4 Å². The molecule has 0 aliphatic carbocycles. The molecular weight excluding hydrogens is 370 g/mol. The van der Waals surface area contributed by atoms with Gasteiger partial charge in [-0.05, 0) is 24.3 Å². The predicted molar refractivity (Wildman–Crippen MR) is 107 cm³/mol. The smallest absolute Gasteiger partial charge is 0.318 e. The molecule has 4 rings (SSSR count). The van der Waals surface area contributed by atoms with Crippen LogP contribution in [0.15, 0.2) is 72.8 Å². The number of amides is 1. The maximum absolute atomic E-state index is 12.9. The van der Waals surface area contributed by atoms with E-state index in [2.05, 4.69) is 5.32 Å². The minimum Gasteiger partial charge on any atom is -0.495 e. The van der Waals surface area contributed by atoms with Crippen LogP contribution < -0.4 is 14.8 Å². The van der Waals surface area contributed by atoms with Gasteiger partial charge in [-0.15, -0.1) is 0 Å². The van der Waals surface area contributed by atoms with E-state index < -0.39 is 24.4 Å². The van der Waals surface area contributed by atoms with Crippen LogP contribution in [-0.4, -0.2) is 25.6 Å². The lowest BCUT2D eigenvalue weighted by Gasteiger charge is -2.26. The molecule has 6 heteroatoms. The van der Waals surface area contributed by atoms with Crippen LogP contribution in [0.2, 0.25) is 0 Å². The molecule has 0 atom stereocenters. The number of carbonyl (C=O) groups excluding carboxylic acids is 2. The van der Waals surface area contributed by atoms with Crippen LogP contribution in [0, 0.1) is 0 Å². The standard InChI is InChI=1S/C23H19NO5/c1-27-20-13-7-4-10-17(20)24-21(25)14-28-23(26)22-15-8-2-5-11-18(15)29-19-12-6-3-9-16(19)22/h2-13,22H,14H2,1H3,(H,24,25). The van der Waals surface area contributed by atoms with Crippen LogP contribution in [0.4, 0.5) is 5.69 Å². The Kier molecular flexibility index (Phi) is 5.16. The molecule has 1 amide bonds. The zero-order valence-corrected chi connectivity index (χ0v) is 15.8. The molecule has 146 valence electrons. The quantitative estimate of drug-likeness (QED) is 0.665. The van der Waals surface area contributed by atoms with E-state index in [1.165, 1.54) is 7.11 Å². The van der Waals surface area contributed by atoms with Crippen molar-refractivity contribution in [3.05, 3.63) is 83.9 Å². The van der Waals surface area contributed by atoms with Crippen molar-refractivity contribution >= 4 is 17.6 Å². The maximum atomic E-state index is 12.9. The largest absolute Gasteiger partial charge is 0.495 e. The molecule has 3 aromatic carbocycles. The Morgan fingerprint density at radius 1 is 0.897 bits per heavy atom. The topological polar surface area (TPSA) is 73.9 Å². The SMILES string of the molecule is COc1ccccc1NC(=O)COC(=O)C1c2ccccc2Oc2ccccc21. The number of nitrogens with one attached hydrogen (secondary N) is 1. The van der Waals surface area contributed by atoms with Crippen molar-refractivity contribution in [2.45, 2.75) is 5.92 Å². The van der Waals surface area contributed by atoms with Gasteiger partial charge in [0.25, 0.3) is 5.91 Å². The van der Waals surface area contributed by atoms with Gasteiger partial charge in [0, 0.05) is 11.1 Å². The van der Waals surface area contributed by atoms with Crippen LogP contribution in [0.1, 0.15) is 17.0 Å². The molecule has 1 aliphatic rings. The minimum atomic E-state index is -0.657. The van der Waals surface area contributed by atoms with E-state index in [4.69, 9.17) is 14.2 Å². The van der Waals surface area contributed by atoms with Crippen LogP contribution in [0.3, 0.4) is 0 Å². The Hall–Kier alpha value is -3.80. The summed E-state index contributed by atoms with van der Waals surface area (Å²) in [6.07, 6.45) is 0. The van der Waals surface area contributed by atoms with Gasteiger partial charge in [-0.25, -0.2) is 0 Å². The van der Waals surface area contributed by atoms with Gasteiger partial charge in [0.05, 0.1) is 12.8 Å². The Balaban J connectivity index is 1.50. The van der Waals surface area contributed by atoms with Crippen molar-refractivity contribution in [3.63, 3.8) is 0 Å². The second-order valence-electron chi connectivity index (χ2n) is 6.47. The molecule has 0 saturated carbocycles. The lowest BCUT2D eigenvalue weighted by atomic mass is 9.88. The maximum Gasteiger partial charge on any atom is 0.318 e. The summed E-state index contributed by atoms with van der Waals surface area (Å²) in [4.78, 5) is 25.2. The Bertz CT molecular complexity index is 1020. The number of hydrogen-bond acceptors (Lipinski definition) is 5. The number of esters is 1. The fraction of sp³-hybridized carbons (Fsp3) is 0.130. The molecule has 0 spiro atoms. The van der Waals surface area contributed by atoms with Crippen LogP contribution >= 0.6 is 0 Å². The highest BCUT2D eigenvalue weighted by atomic mass is 16.5. The van der Waals surface area contributed by atoms with Gasteiger partial charge in [0.2, 0.25) is 0 Å². The zero-order valence-electron chi connectivity index (χ0n) is 15.8. The third-order valence-electron chi connectivity index (χ3n) is 4.64. The van der Waals surface area contributed by atoms with E-state index in [0.717, 1.165) is 0 Å². The summed E-state index contributed by atoms with van der Waals surface area (Å²) in [5, 5.41) is 2.69. The van der Waals surface area contributed by atoms with E-state index >= 15 is 0 Å². The first-order valence-electron chi connectivity index (χ1n) is 9.12. The van der Waals surface area contributed by atoms with Gasteiger partial charge in [0.1, 0.15) is 23.2 Å². The summed E-state index contributed by atoms with van der Waals surface area (Å²) in [5.74, 6) is 0.118. The highest BCUT2D eigenvalue weighted by molar-refractivity contribution is 5.95. The monoisotopic (exact) mass is 389 g/mol. The lowest BCUT2D eigenvalue weighted by Crippen LogP contribution is -2.26. The van der Waals surface area contributed by atoms with Gasteiger partial charge in [0.15, 0.2) is 6.61 Å². The van der Waals surface area contributed by atoms with Gasteiger partial charge in [-0.1, -0.05) is 48.5 Å². The van der Waals surface area contributed by atoms with Gasteiger partial charge < -0.3 is 19.5 Å². The van der Waals surface area contributed by atoms with Gasteiger partial charge in [-0.3, -0.25) is 9.59 Å². The van der Waals surface area contributed by atoms with Crippen molar-refractivity contribution in [1.29, 1.82) is 0 Å². The van der Waals surface area contributed by atoms with Gasteiger partial charge >= 0.3 is 5.97 Å². The number of rotatable bonds is 5. The summed E-state index contributed by atoms with van der Waals surface area (Å²) >= 11 is 0. The molecule has 0 radical (unpaired) electrons. The fourth-order valence-electron chi connectivity index (χ4n) is 3.32. The molecule has 1 N–H and O–H groups in total. The van der Waals surface area contributed by atoms with Gasteiger partial charge in [-0.2, -0.15) is 0 Å². The normalized spacial score (nSPS) is 12.2. The number of methoxy groups -OCH3 is 1. The van der Waals surface area contributed by atoms with E-state index in [0.29, 0.717) is 34.1 Å². The summed E-state index contributed by atoms with van der Waals surface area (Å²) in [6, 6.07) is 21.6. The number of para-hydroxylation sites is 4. The number of fused-ring (bicyclic) bond motifs is 2.